The molecule has 0 bridgehead atoms. The third-order valence-corrected chi connectivity index (χ3v) is 4.29. The predicted octanol–water partition coefficient (Wildman–Crippen LogP) is 2.62. The van der Waals surface area contributed by atoms with Crippen LogP contribution < -0.4 is 10.6 Å². The molecule has 3 N–H and O–H groups in total. The lowest BCUT2D eigenvalue weighted by Crippen LogP contribution is -2.37. The SMILES string of the molecule is CN(C)CCNC(=O)/C(=C\c1c[nH]c2ccccc12)NC(=O)c1ccccc1. The molecule has 3 aromatic rings. The van der Waals surface area contributed by atoms with Crippen molar-refractivity contribution in [3.63, 3.8) is 0 Å². The molecule has 0 saturated carbocycles. The Labute approximate surface area is 164 Å². The van der Waals surface area contributed by atoms with Gasteiger partial charge in [-0.2, -0.15) is 0 Å². The first-order chi connectivity index (χ1) is 13.5. The summed E-state index contributed by atoms with van der Waals surface area (Å²) in [5, 5.41) is 6.60. The lowest BCUT2D eigenvalue weighted by molar-refractivity contribution is -0.117. The monoisotopic (exact) mass is 376 g/mol. The Bertz CT molecular complexity index is 990. The number of aromatic amines is 1. The van der Waals surface area contributed by atoms with Gasteiger partial charge >= 0.3 is 0 Å². The lowest BCUT2D eigenvalue weighted by Gasteiger charge is -2.13. The number of fused-ring (bicyclic) bond motifs is 1. The lowest BCUT2D eigenvalue weighted by atomic mass is 10.1. The van der Waals surface area contributed by atoms with Crippen LogP contribution in [0.3, 0.4) is 0 Å². The quantitative estimate of drug-likeness (QED) is 0.555. The minimum Gasteiger partial charge on any atom is -0.361 e. The van der Waals surface area contributed by atoms with E-state index in [1.807, 2.05) is 55.5 Å². The van der Waals surface area contributed by atoms with E-state index in [0.717, 1.165) is 16.5 Å². The summed E-state index contributed by atoms with van der Waals surface area (Å²) in [4.78, 5) is 30.5. The van der Waals surface area contributed by atoms with Gasteiger partial charge in [-0.3, -0.25) is 9.59 Å². The van der Waals surface area contributed by atoms with Crippen LogP contribution in [-0.2, 0) is 4.79 Å². The summed E-state index contributed by atoms with van der Waals surface area (Å²) in [6, 6.07) is 16.7. The van der Waals surface area contributed by atoms with Crippen LogP contribution in [0.1, 0.15) is 15.9 Å². The van der Waals surface area contributed by atoms with Crippen molar-refractivity contribution in [2.75, 3.05) is 27.2 Å². The van der Waals surface area contributed by atoms with Gasteiger partial charge in [0.2, 0.25) is 0 Å². The highest BCUT2D eigenvalue weighted by molar-refractivity contribution is 6.06. The second-order valence-corrected chi connectivity index (χ2v) is 6.73. The zero-order valence-corrected chi connectivity index (χ0v) is 16.0. The summed E-state index contributed by atoms with van der Waals surface area (Å²) in [6.45, 7) is 1.19. The molecule has 0 aliphatic heterocycles. The largest absolute Gasteiger partial charge is 0.361 e. The molecule has 144 valence electrons. The number of amides is 2. The van der Waals surface area contributed by atoms with Gasteiger partial charge in [-0.05, 0) is 38.4 Å². The predicted molar refractivity (Wildman–Crippen MR) is 112 cm³/mol. The van der Waals surface area contributed by atoms with E-state index in [4.69, 9.17) is 0 Å². The Morgan fingerprint density at radius 2 is 1.75 bits per heavy atom. The number of carbonyl (C=O) groups excluding carboxylic acids is 2. The van der Waals surface area contributed by atoms with Crippen molar-refractivity contribution < 1.29 is 9.59 Å². The summed E-state index contributed by atoms with van der Waals surface area (Å²) in [5.41, 5.74) is 2.50. The summed E-state index contributed by atoms with van der Waals surface area (Å²) in [5.74, 6) is -0.647. The summed E-state index contributed by atoms with van der Waals surface area (Å²) >= 11 is 0. The first kappa shape index (κ1) is 19.4. The highest BCUT2D eigenvalue weighted by Crippen LogP contribution is 2.20. The van der Waals surface area contributed by atoms with Crippen molar-refractivity contribution in [2.45, 2.75) is 0 Å². The Hall–Kier alpha value is -3.38. The number of likely N-dealkylation sites (N-methyl/N-ethyl adjacent to an activating group) is 1. The zero-order chi connectivity index (χ0) is 19.9. The van der Waals surface area contributed by atoms with E-state index in [0.29, 0.717) is 18.7 Å². The molecule has 1 aromatic heterocycles. The number of aromatic nitrogens is 1. The van der Waals surface area contributed by atoms with E-state index in [9.17, 15) is 9.59 Å². The fourth-order valence-corrected chi connectivity index (χ4v) is 2.80. The maximum absolute atomic E-state index is 12.7. The molecule has 28 heavy (non-hydrogen) atoms. The van der Waals surface area contributed by atoms with Gasteiger partial charge in [0.15, 0.2) is 0 Å². The molecule has 0 atom stereocenters. The number of hydrogen-bond donors (Lipinski definition) is 3. The maximum Gasteiger partial charge on any atom is 0.267 e. The van der Waals surface area contributed by atoms with E-state index in [1.165, 1.54) is 0 Å². The van der Waals surface area contributed by atoms with Gasteiger partial charge in [0, 0.05) is 41.3 Å². The average Bonchev–Trinajstić information content (AvgIpc) is 3.10. The van der Waals surface area contributed by atoms with E-state index < -0.39 is 0 Å². The number of nitrogens with one attached hydrogen (secondary N) is 3. The Balaban J connectivity index is 1.87. The van der Waals surface area contributed by atoms with Crippen LogP contribution >= 0.6 is 0 Å². The molecule has 0 spiro atoms. The molecular formula is C22H24N4O2. The fourth-order valence-electron chi connectivity index (χ4n) is 2.80. The maximum atomic E-state index is 12.7. The Morgan fingerprint density at radius 1 is 1.04 bits per heavy atom. The number of benzene rings is 2. The number of H-pyrrole nitrogens is 1. The van der Waals surface area contributed by atoms with Crippen molar-refractivity contribution in [1.82, 2.24) is 20.5 Å². The highest BCUT2D eigenvalue weighted by atomic mass is 16.2. The van der Waals surface area contributed by atoms with Crippen molar-refractivity contribution in [2.24, 2.45) is 0 Å². The van der Waals surface area contributed by atoms with Crippen LogP contribution in [-0.4, -0.2) is 48.9 Å². The number of rotatable bonds is 7. The Morgan fingerprint density at radius 3 is 2.50 bits per heavy atom. The molecule has 2 aromatic carbocycles. The van der Waals surface area contributed by atoms with E-state index in [2.05, 4.69) is 15.6 Å². The Kier molecular flexibility index (Phi) is 6.24. The molecule has 0 unspecified atom stereocenters. The van der Waals surface area contributed by atoms with Crippen LogP contribution in [0.5, 0.6) is 0 Å². The minimum atomic E-state index is -0.325. The van der Waals surface area contributed by atoms with Crippen molar-refractivity contribution in [3.05, 3.63) is 77.6 Å². The smallest absolute Gasteiger partial charge is 0.267 e. The van der Waals surface area contributed by atoms with Crippen LogP contribution in [0.2, 0.25) is 0 Å². The third kappa shape index (κ3) is 4.86. The van der Waals surface area contributed by atoms with Gasteiger partial charge in [0.1, 0.15) is 5.70 Å². The molecule has 6 nitrogen and oxygen atoms in total. The van der Waals surface area contributed by atoms with Gasteiger partial charge < -0.3 is 20.5 Å². The van der Waals surface area contributed by atoms with Crippen molar-refractivity contribution in [3.8, 4) is 0 Å². The van der Waals surface area contributed by atoms with E-state index in [1.54, 1.807) is 30.3 Å². The summed E-state index contributed by atoms with van der Waals surface area (Å²) < 4.78 is 0. The molecule has 0 aliphatic carbocycles. The van der Waals surface area contributed by atoms with Gasteiger partial charge in [-0.1, -0.05) is 36.4 Å². The minimum absolute atomic E-state index is 0.206. The number of hydrogen-bond acceptors (Lipinski definition) is 3. The van der Waals surface area contributed by atoms with Crippen molar-refractivity contribution >= 4 is 28.8 Å². The number of para-hydroxylation sites is 1. The second-order valence-electron chi connectivity index (χ2n) is 6.73. The molecule has 0 aliphatic rings. The van der Waals surface area contributed by atoms with Gasteiger partial charge in [-0.15, -0.1) is 0 Å². The van der Waals surface area contributed by atoms with Crippen LogP contribution in [0, 0.1) is 0 Å². The van der Waals surface area contributed by atoms with Gasteiger partial charge in [-0.25, -0.2) is 0 Å². The number of carbonyl (C=O) groups is 2. The topological polar surface area (TPSA) is 77.2 Å². The van der Waals surface area contributed by atoms with Crippen molar-refractivity contribution in [1.29, 1.82) is 0 Å². The standard InChI is InChI=1S/C22H24N4O2/c1-26(2)13-12-23-22(28)20(25-21(27)16-8-4-3-5-9-16)14-17-15-24-19-11-7-6-10-18(17)19/h3-11,14-15,24H,12-13H2,1-2H3,(H,23,28)(H,25,27)/b20-14+. The molecule has 0 fully saturated rings. The molecule has 0 radical (unpaired) electrons. The van der Waals surface area contributed by atoms with Gasteiger partial charge in [0.05, 0.1) is 0 Å². The number of nitrogens with zero attached hydrogens (tertiary/aromatic N) is 1. The fraction of sp³-hybridized carbons (Fsp3) is 0.182. The molecule has 1 heterocycles. The highest BCUT2D eigenvalue weighted by Gasteiger charge is 2.15. The zero-order valence-electron chi connectivity index (χ0n) is 16.0. The van der Waals surface area contributed by atoms with Crippen LogP contribution in [0.25, 0.3) is 17.0 Å². The first-order valence-corrected chi connectivity index (χ1v) is 9.12. The normalized spacial score (nSPS) is 11.6. The van der Waals surface area contributed by atoms with Gasteiger partial charge in [0.25, 0.3) is 11.8 Å². The molecule has 2 amide bonds. The third-order valence-electron chi connectivity index (χ3n) is 4.29. The average molecular weight is 376 g/mol. The second kappa shape index (κ2) is 9.01. The first-order valence-electron chi connectivity index (χ1n) is 9.12. The molecular weight excluding hydrogens is 352 g/mol. The van der Waals surface area contributed by atoms with E-state index in [-0.39, 0.29) is 17.5 Å². The molecule has 3 rings (SSSR count). The summed E-state index contributed by atoms with van der Waals surface area (Å²) in [7, 11) is 3.87. The van der Waals surface area contributed by atoms with E-state index >= 15 is 0 Å². The molecule has 0 saturated heterocycles. The summed E-state index contributed by atoms with van der Waals surface area (Å²) in [6.07, 6.45) is 3.52. The van der Waals surface area contributed by atoms with Crippen LogP contribution in [0.4, 0.5) is 0 Å². The van der Waals surface area contributed by atoms with Crippen LogP contribution in [0.15, 0.2) is 66.5 Å². The molecule has 6 heteroatoms.